The van der Waals surface area contributed by atoms with Crippen LogP contribution in [0.3, 0.4) is 0 Å². The first kappa shape index (κ1) is 13.4. The zero-order chi connectivity index (χ0) is 13.2. The maximum atomic E-state index is 12.2. The Kier molecular flexibility index (Phi) is 4.08. The Labute approximate surface area is 116 Å². The first-order chi connectivity index (χ1) is 9.26. The third-order valence-electron chi connectivity index (χ3n) is 4.87. The minimum Gasteiger partial charge on any atom is -0.352 e. The molecule has 4 heteroatoms. The molecular formula is C15H27N3O. The molecule has 2 saturated carbocycles. The van der Waals surface area contributed by atoms with Crippen molar-refractivity contribution in [2.75, 3.05) is 39.3 Å². The lowest BCUT2D eigenvalue weighted by atomic mass is 10.1. The van der Waals surface area contributed by atoms with Gasteiger partial charge in [-0.3, -0.25) is 9.69 Å². The van der Waals surface area contributed by atoms with E-state index in [0.717, 1.165) is 44.6 Å². The SMILES string of the molecule is CCN1CCN(CC(=O)NC(C2CC2)C2CC2)CC1. The molecule has 3 aliphatic rings. The fourth-order valence-corrected chi connectivity index (χ4v) is 3.23. The Bertz CT molecular complexity index is 305. The second kappa shape index (κ2) is 5.80. The molecule has 0 radical (unpaired) electrons. The van der Waals surface area contributed by atoms with E-state index < -0.39 is 0 Å². The number of nitrogens with zero attached hydrogens (tertiary/aromatic N) is 2. The first-order valence-electron chi connectivity index (χ1n) is 8.00. The Morgan fingerprint density at radius 3 is 2.05 bits per heavy atom. The van der Waals surface area contributed by atoms with Gasteiger partial charge in [-0.05, 0) is 44.1 Å². The highest BCUT2D eigenvalue weighted by molar-refractivity contribution is 5.78. The van der Waals surface area contributed by atoms with Crippen LogP contribution in [0.1, 0.15) is 32.6 Å². The fraction of sp³-hybridized carbons (Fsp3) is 0.933. The third-order valence-corrected chi connectivity index (χ3v) is 4.87. The quantitative estimate of drug-likeness (QED) is 0.776. The molecule has 19 heavy (non-hydrogen) atoms. The molecule has 1 heterocycles. The van der Waals surface area contributed by atoms with Gasteiger partial charge in [0.25, 0.3) is 0 Å². The van der Waals surface area contributed by atoms with E-state index in [9.17, 15) is 4.79 Å². The lowest BCUT2D eigenvalue weighted by Gasteiger charge is -2.33. The number of piperazine rings is 1. The van der Waals surface area contributed by atoms with Gasteiger partial charge in [-0.25, -0.2) is 0 Å². The van der Waals surface area contributed by atoms with E-state index >= 15 is 0 Å². The molecule has 0 aromatic carbocycles. The number of likely N-dealkylation sites (N-methyl/N-ethyl adjacent to an activating group) is 1. The van der Waals surface area contributed by atoms with E-state index in [0.29, 0.717) is 12.6 Å². The second-order valence-electron chi connectivity index (χ2n) is 6.48. The van der Waals surface area contributed by atoms with Crippen LogP contribution in [0.25, 0.3) is 0 Å². The molecule has 3 rings (SSSR count). The van der Waals surface area contributed by atoms with Gasteiger partial charge in [-0.15, -0.1) is 0 Å². The van der Waals surface area contributed by atoms with E-state index in [4.69, 9.17) is 0 Å². The predicted octanol–water partition coefficient (Wildman–Crippen LogP) is 0.929. The van der Waals surface area contributed by atoms with E-state index in [-0.39, 0.29) is 5.91 Å². The van der Waals surface area contributed by atoms with Crippen molar-refractivity contribution in [1.82, 2.24) is 15.1 Å². The minimum atomic E-state index is 0.258. The monoisotopic (exact) mass is 265 g/mol. The van der Waals surface area contributed by atoms with Gasteiger partial charge in [0.2, 0.25) is 5.91 Å². The molecule has 1 aliphatic heterocycles. The lowest BCUT2D eigenvalue weighted by molar-refractivity contribution is -0.123. The molecule has 2 aliphatic carbocycles. The molecule has 108 valence electrons. The van der Waals surface area contributed by atoms with Crippen LogP contribution in [-0.2, 0) is 4.79 Å². The number of amides is 1. The molecule has 1 saturated heterocycles. The van der Waals surface area contributed by atoms with Crippen molar-refractivity contribution in [3.05, 3.63) is 0 Å². The van der Waals surface area contributed by atoms with Gasteiger partial charge in [0.05, 0.1) is 6.54 Å². The number of hydrogen-bond acceptors (Lipinski definition) is 3. The summed E-state index contributed by atoms with van der Waals surface area (Å²) in [7, 11) is 0. The fourth-order valence-electron chi connectivity index (χ4n) is 3.23. The average molecular weight is 265 g/mol. The van der Waals surface area contributed by atoms with Crippen LogP contribution in [0.4, 0.5) is 0 Å². The number of rotatable bonds is 6. The summed E-state index contributed by atoms with van der Waals surface area (Å²) in [4.78, 5) is 16.9. The van der Waals surface area contributed by atoms with Crippen molar-refractivity contribution < 1.29 is 4.79 Å². The highest BCUT2D eigenvalue weighted by Gasteiger charge is 2.42. The summed E-state index contributed by atoms with van der Waals surface area (Å²) in [6.07, 6.45) is 5.32. The summed E-state index contributed by atoms with van der Waals surface area (Å²) in [5, 5.41) is 3.32. The lowest BCUT2D eigenvalue weighted by Crippen LogP contribution is -2.50. The van der Waals surface area contributed by atoms with Crippen LogP contribution in [0, 0.1) is 11.8 Å². The van der Waals surface area contributed by atoms with Crippen LogP contribution in [0.5, 0.6) is 0 Å². The van der Waals surface area contributed by atoms with Gasteiger partial charge in [-0.2, -0.15) is 0 Å². The molecule has 0 atom stereocenters. The smallest absolute Gasteiger partial charge is 0.234 e. The minimum absolute atomic E-state index is 0.258. The van der Waals surface area contributed by atoms with Crippen molar-refractivity contribution in [2.24, 2.45) is 11.8 Å². The molecule has 1 amide bonds. The summed E-state index contributed by atoms with van der Waals surface area (Å²) in [5.41, 5.74) is 0. The summed E-state index contributed by atoms with van der Waals surface area (Å²) in [5.74, 6) is 1.86. The highest BCUT2D eigenvalue weighted by Crippen LogP contribution is 2.44. The van der Waals surface area contributed by atoms with Crippen molar-refractivity contribution >= 4 is 5.91 Å². The summed E-state index contributed by atoms with van der Waals surface area (Å²) in [6.45, 7) is 8.24. The first-order valence-corrected chi connectivity index (χ1v) is 8.00. The van der Waals surface area contributed by atoms with E-state index in [2.05, 4.69) is 22.0 Å². The van der Waals surface area contributed by atoms with Crippen LogP contribution in [0.15, 0.2) is 0 Å². The highest BCUT2D eigenvalue weighted by atomic mass is 16.2. The molecule has 0 aromatic heterocycles. The summed E-state index contributed by atoms with van der Waals surface area (Å²) < 4.78 is 0. The summed E-state index contributed by atoms with van der Waals surface area (Å²) >= 11 is 0. The van der Waals surface area contributed by atoms with E-state index in [1.807, 2.05) is 0 Å². The van der Waals surface area contributed by atoms with Gasteiger partial charge >= 0.3 is 0 Å². The largest absolute Gasteiger partial charge is 0.352 e. The molecule has 3 fully saturated rings. The van der Waals surface area contributed by atoms with Crippen LogP contribution in [-0.4, -0.2) is 61.0 Å². The Balaban J connectivity index is 1.41. The maximum Gasteiger partial charge on any atom is 0.234 e. The zero-order valence-corrected chi connectivity index (χ0v) is 12.1. The third kappa shape index (κ3) is 3.69. The Morgan fingerprint density at radius 2 is 1.58 bits per heavy atom. The number of carbonyl (C=O) groups excluding carboxylic acids is 1. The van der Waals surface area contributed by atoms with Crippen molar-refractivity contribution in [2.45, 2.75) is 38.6 Å². The van der Waals surface area contributed by atoms with E-state index in [1.165, 1.54) is 25.7 Å². The van der Waals surface area contributed by atoms with Crippen LogP contribution >= 0.6 is 0 Å². The zero-order valence-electron chi connectivity index (χ0n) is 12.1. The molecule has 0 spiro atoms. The van der Waals surface area contributed by atoms with Gasteiger partial charge < -0.3 is 10.2 Å². The van der Waals surface area contributed by atoms with Gasteiger partial charge in [-0.1, -0.05) is 6.92 Å². The van der Waals surface area contributed by atoms with Crippen LogP contribution < -0.4 is 5.32 Å². The normalized spacial score (nSPS) is 25.8. The maximum absolute atomic E-state index is 12.2. The summed E-state index contributed by atoms with van der Waals surface area (Å²) in [6, 6.07) is 0.504. The molecule has 1 N–H and O–H groups in total. The molecule has 0 unspecified atom stereocenters. The van der Waals surface area contributed by atoms with E-state index in [1.54, 1.807) is 0 Å². The van der Waals surface area contributed by atoms with Gasteiger partial charge in [0.1, 0.15) is 0 Å². The average Bonchev–Trinajstić information content (AvgIpc) is 3.30. The Hall–Kier alpha value is -0.610. The van der Waals surface area contributed by atoms with Crippen molar-refractivity contribution in [1.29, 1.82) is 0 Å². The topological polar surface area (TPSA) is 35.6 Å². The molecule has 0 aromatic rings. The van der Waals surface area contributed by atoms with Gasteiger partial charge in [0, 0.05) is 32.2 Å². The number of carbonyl (C=O) groups is 1. The number of hydrogen-bond donors (Lipinski definition) is 1. The second-order valence-corrected chi connectivity index (χ2v) is 6.48. The standard InChI is InChI=1S/C15H27N3O/c1-2-17-7-9-18(10-8-17)11-14(19)16-15(12-3-4-12)13-5-6-13/h12-13,15H,2-11H2,1H3,(H,16,19). The predicted molar refractivity (Wildman–Crippen MR) is 75.9 cm³/mol. The molecule has 0 bridgehead atoms. The van der Waals surface area contributed by atoms with Gasteiger partial charge in [0.15, 0.2) is 0 Å². The molecule has 4 nitrogen and oxygen atoms in total. The Morgan fingerprint density at radius 1 is 1.05 bits per heavy atom. The van der Waals surface area contributed by atoms with Crippen molar-refractivity contribution in [3.8, 4) is 0 Å². The molecular weight excluding hydrogens is 238 g/mol. The number of nitrogens with one attached hydrogen (secondary N) is 1. The van der Waals surface area contributed by atoms with Crippen molar-refractivity contribution in [3.63, 3.8) is 0 Å². The van der Waals surface area contributed by atoms with Crippen LogP contribution in [0.2, 0.25) is 0 Å².